The molecule has 0 saturated carbocycles. The summed E-state index contributed by atoms with van der Waals surface area (Å²) in [6.07, 6.45) is 3.52. The summed E-state index contributed by atoms with van der Waals surface area (Å²) >= 11 is 11.9. The van der Waals surface area contributed by atoms with Gasteiger partial charge in [0.25, 0.3) is 0 Å². The van der Waals surface area contributed by atoms with Crippen molar-refractivity contribution in [2.24, 2.45) is 0 Å². The van der Waals surface area contributed by atoms with E-state index in [-0.39, 0.29) is 24.4 Å². The van der Waals surface area contributed by atoms with Crippen LogP contribution in [0.25, 0.3) is 0 Å². The monoisotopic (exact) mass is 369 g/mol. The lowest BCUT2D eigenvalue weighted by atomic mass is 10.0. The van der Waals surface area contributed by atoms with Gasteiger partial charge in [0, 0.05) is 29.7 Å². The highest BCUT2D eigenvalue weighted by molar-refractivity contribution is 6.31. The van der Waals surface area contributed by atoms with Gasteiger partial charge in [-0.1, -0.05) is 17.7 Å². The maximum atomic E-state index is 14.1. The van der Waals surface area contributed by atoms with Crippen LogP contribution in [-0.4, -0.2) is 32.3 Å². The van der Waals surface area contributed by atoms with Crippen molar-refractivity contribution < 1.29 is 9.18 Å². The zero-order chi connectivity index (χ0) is 17.3. The summed E-state index contributed by atoms with van der Waals surface area (Å²) in [4.78, 5) is 18.5. The molecule has 1 amide bonds. The molecule has 1 aromatic carbocycles. The Balaban J connectivity index is 1.86. The minimum Gasteiger partial charge on any atom is -0.333 e. The van der Waals surface area contributed by atoms with E-state index in [9.17, 15) is 9.18 Å². The molecule has 0 radical (unpaired) electrons. The van der Waals surface area contributed by atoms with Gasteiger partial charge in [0.2, 0.25) is 5.91 Å². The summed E-state index contributed by atoms with van der Waals surface area (Å²) < 4.78 is 16.2. The molecule has 2 heterocycles. The molecule has 1 atom stereocenters. The molecular formula is C17H18Cl2FN3O. The van der Waals surface area contributed by atoms with Crippen molar-refractivity contribution in [1.82, 2.24) is 14.5 Å². The molecule has 0 fully saturated rings. The second kappa shape index (κ2) is 7.11. The maximum absolute atomic E-state index is 14.1. The lowest BCUT2D eigenvalue weighted by Crippen LogP contribution is -2.45. The molecule has 1 aliphatic rings. The van der Waals surface area contributed by atoms with Crippen LogP contribution in [0, 0.1) is 12.7 Å². The lowest BCUT2D eigenvalue weighted by Gasteiger charge is -2.35. The number of nitrogens with zero attached hydrogens (tertiary/aromatic N) is 3. The third-order valence-electron chi connectivity index (χ3n) is 4.35. The second-order valence-corrected chi connectivity index (χ2v) is 6.67. The van der Waals surface area contributed by atoms with Crippen LogP contribution in [-0.2, 0) is 24.3 Å². The molecule has 2 aromatic rings. The minimum atomic E-state index is -0.412. The van der Waals surface area contributed by atoms with Crippen molar-refractivity contribution >= 4 is 29.1 Å². The molecular weight excluding hydrogens is 352 g/mol. The molecule has 3 rings (SSSR count). The van der Waals surface area contributed by atoms with Crippen LogP contribution in [0.4, 0.5) is 4.39 Å². The van der Waals surface area contributed by atoms with E-state index in [0.717, 1.165) is 24.4 Å². The van der Waals surface area contributed by atoms with Crippen LogP contribution in [0.3, 0.4) is 0 Å². The number of carbonyl (C=O) groups is 1. The molecule has 1 aliphatic heterocycles. The third-order valence-corrected chi connectivity index (χ3v) is 4.94. The fourth-order valence-electron chi connectivity index (χ4n) is 3.17. The van der Waals surface area contributed by atoms with Crippen molar-refractivity contribution in [2.75, 3.05) is 5.88 Å². The Labute approximate surface area is 150 Å². The molecule has 4 nitrogen and oxygen atoms in total. The number of aryl methyl sites for hydroxylation is 2. The van der Waals surface area contributed by atoms with E-state index in [4.69, 9.17) is 23.2 Å². The van der Waals surface area contributed by atoms with Crippen molar-refractivity contribution in [3.05, 3.63) is 52.3 Å². The van der Waals surface area contributed by atoms with E-state index >= 15 is 0 Å². The predicted octanol–water partition coefficient (Wildman–Crippen LogP) is 3.57. The van der Waals surface area contributed by atoms with E-state index in [1.807, 2.05) is 13.1 Å². The molecule has 0 spiro atoms. The Morgan fingerprint density at radius 3 is 3.00 bits per heavy atom. The van der Waals surface area contributed by atoms with Crippen LogP contribution in [0.5, 0.6) is 0 Å². The normalized spacial score (nSPS) is 16.8. The summed E-state index contributed by atoms with van der Waals surface area (Å²) in [6.45, 7) is 2.69. The summed E-state index contributed by atoms with van der Waals surface area (Å²) in [5, 5.41) is 0.317. The van der Waals surface area contributed by atoms with Gasteiger partial charge >= 0.3 is 0 Å². The van der Waals surface area contributed by atoms with Crippen LogP contribution >= 0.6 is 23.2 Å². The number of fused-ring (bicyclic) bond motifs is 1. The van der Waals surface area contributed by atoms with Crippen LogP contribution in [0.2, 0.25) is 5.02 Å². The van der Waals surface area contributed by atoms with E-state index in [2.05, 4.69) is 9.55 Å². The summed E-state index contributed by atoms with van der Waals surface area (Å²) in [7, 11) is 0. The number of imidazole rings is 1. The number of amides is 1. The smallest absolute Gasteiger partial charge is 0.238 e. The third kappa shape index (κ3) is 3.42. The number of benzene rings is 1. The number of alkyl halides is 1. The predicted molar refractivity (Wildman–Crippen MR) is 91.8 cm³/mol. The van der Waals surface area contributed by atoms with Gasteiger partial charge in [-0.2, -0.15) is 0 Å². The standard InChI is InChI=1S/C17H18Cl2FN3O/c1-11-8-22-9-12(5-6-16(22)21-11)23(17(24)7-18)10-13-14(19)3-2-4-15(13)20/h2-4,8,12H,5-7,9-10H2,1H3. The number of hydrogen-bond acceptors (Lipinski definition) is 2. The zero-order valence-corrected chi connectivity index (χ0v) is 14.8. The molecule has 0 saturated heterocycles. The van der Waals surface area contributed by atoms with E-state index in [1.54, 1.807) is 17.0 Å². The molecule has 0 aliphatic carbocycles. The van der Waals surface area contributed by atoms with Crippen molar-refractivity contribution in [2.45, 2.75) is 38.9 Å². The number of carbonyl (C=O) groups excluding carboxylic acids is 1. The van der Waals surface area contributed by atoms with Gasteiger partial charge in [0.1, 0.15) is 17.5 Å². The van der Waals surface area contributed by atoms with E-state index in [0.29, 0.717) is 17.1 Å². The minimum absolute atomic E-state index is 0.0620. The van der Waals surface area contributed by atoms with Gasteiger partial charge in [-0.15, -0.1) is 11.6 Å². The highest BCUT2D eigenvalue weighted by Crippen LogP contribution is 2.25. The molecule has 128 valence electrons. The summed E-state index contributed by atoms with van der Waals surface area (Å²) in [5.41, 5.74) is 1.28. The number of hydrogen-bond donors (Lipinski definition) is 0. The van der Waals surface area contributed by atoms with Crippen LogP contribution in [0.15, 0.2) is 24.4 Å². The molecule has 1 aromatic heterocycles. The Hall–Kier alpha value is -1.59. The van der Waals surface area contributed by atoms with Crippen molar-refractivity contribution in [3.63, 3.8) is 0 Å². The first-order valence-corrected chi connectivity index (χ1v) is 8.71. The van der Waals surface area contributed by atoms with Gasteiger partial charge in [0.15, 0.2) is 0 Å². The first kappa shape index (κ1) is 17.2. The first-order chi connectivity index (χ1) is 11.5. The van der Waals surface area contributed by atoms with Crippen molar-refractivity contribution in [1.29, 1.82) is 0 Å². The lowest BCUT2D eigenvalue weighted by molar-refractivity contribution is -0.132. The van der Waals surface area contributed by atoms with Crippen LogP contribution < -0.4 is 0 Å². The average Bonchev–Trinajstić information content (AvgIpc) is 2.93. The highest BCUT2D eigenvalue weighted by Gasteiger charge is 2.29. The Morgan fingerprint density at radius 2 is 2.29 bits per heavy atom. The van der Waals surface area contributed by atoms with E-state index < -0.39 is 5.82 Å². The van der Waals surface area contributed by atoms with Gasteiger partial charge in [-0.25, -0.2) is 9.37 Å². The molecule has 0 bridgehead atoms. The zero-order valence-electron chi connectivity index (χ0n) is 13.3. The van der Waals surface area contributed by atoms with Gasteiger partial charge in [0.05, 0.1) is 18.3 Å². The topological polar surface area (TPSA) is 38.1 Å². The number of aromatic nitrogens is 2. The first-order valence-electron chi connectivity index (χ1n) is 7.80. The van der Waals surface area contributed by atoms with Crippen LogP contribution in [0.1, 0.15) is 23.5 Å². The molecule has 1 unspecified atom stereocenters. The molecule has 0 N–H and O–H groups in total. The highest BCUT2D eigenvalue weighted by atomic mass is 35.5. The fourth-order valence-corrected chi connectivity index (χ4v) is 3.55. The number of rotatable bonds is 4. The van der Waals surface area contributed by atoms with E-state index in [1.165, 1.54) is 6.07 Å². The Bertz CT molecular complexity index is 742. The summed E-state index contributed by atoms with van der Waals surface area (Å²) in [5.74, 6) is 0.246. The largest absolute Gasteiger partial charge is 0.333 e. The quantitative estimate of drug-likeness (QED) is 0.772. The summed E-state index contributed by atoms with van der Waals surface area (Å²) in [6, 6.07) is 4.47. The number of halogens is 3. The Kier molecular flexibility index (Phi) is 5.11. The second-order valence-electron chi connectivity index (χ2n) is 6.00. The van der Waals surface area contributed by atoms with Gasteiger partial charge in [-0.05, 0) is 25.5 Å². The Morgan fingerprint density at radius 1 is 1.50 bits per heavy atom. The fraction of sp³-hybridized carbons (Fsp3) is 0.412. The molecule has 7 heteroatoms. The van der Waals surface area contributed by atoms with Gasteiger partial charge < -0.3 is 9.47 Å². The SMILES string of the molecule is Cc1cn2c(n1)CCC(N(Cc1c(F)cccc1Cl)C(=O)CCl)C2. The average molecular weight is 370 g/mol. The maximum Gasteiger partial charge on any atom is 0.238 e. The molecule has 24 heavy (non-hydrogen) atoms. The van der Waals surface area contributed by atoms with Gasteiger partial charge in [-0.3, -0.25) is 4.79 Å². The van der Waals surface area contributed by atoms with Crippen molar-refractivity contribution in [3.8, 4) is 0 Å².